The number of hydrogen-bond acceptors (Lipinski definition) is 5. The summed E-state index contributed by atoms with van der Waals surface area (Å²) in [5, 5.41) is 3.54. The van der Waals surface area contributed by atoms with Crippen molar-refractivity contribution in [3.8, 4) is 0 Å². The van der Waals surface area contributed by atoms with Gasteiger partial charge in [-0.2, -0.15) is 0 Å². The highest BCUT2D eigenvalue weighted by Gasteiger charge is 2.21. The predicted molar refractivity (Wildman–Crippen MR) is 98.5 cm³/mol. The van der Waals surface area contributed by atoms with Crippen molar-refractivity contribution >= 4 is 27.5 Å². The average molecular weight is 350 g/mol. The Morgan fingerprint density at radius 1 is 1.33 bits per heavy atom. The van der Waals surface area contributed by atoms with Crippen molar-refractivity contribution in [2.45, 2.75) is 58.9 Å². The molecule has 24 heavy (non-hydrogen) atoms. The highest BCUT2D eigenvalue weighted by molar-refractivity contribution is 7.18. The number of hydrogen-bond donors (Lipinski definition) is 3. The van der Waals surface area contributed by atoms with E-state index in [0.717, 1.165) is 28.1 Å². The van der Waals surface area contributed by atoms with Gasteiger partial charge in [-0.15, -0.1) is 11.3 Å². The molecule has 1 amide bonds. The summed E-state index contributed by atoms with van der Waals surface area (Å²) in [5.41, 5.74) is 6.67. The Balaban J connectivity index is 2.01. The largest absolute Gasteiger partial charge is 0.354 e. The van der Waals surface area contributed by atoms with Crippen LogP contribution in [-0.4, -0.2) is 28.0 Å². The van der Waals surface area contributed by atoms with E-state index in [9.17, 15) is 9.59 Å². The fraction of sp³-hybridized carbons (Fsp3) is 0.588. The molecule has 4 N–H and O–H groups in total. The van der Waals surface area contributed by atoms with Gasteiger partial charge in [-0.25, -0.2) is 4.98 Å². The normalized spacial score (nSPS) is 11.9. The minimum absolute atomic E-state index is 0.0759. The monoisotopic (exact) mass is 350 g/mol. The Morgan fingerprint density at radius 2 is 2.00 bits per heavy atom. The van der Waals surface area contributed by atoms with E-state index in [1.165, 1.54) is 11.3 Å². The number of aromatic nitrogens is 2. The van der Waals surface area contributed by atoms with Crippen LogP contribution in [0, 0.1) is 13.8 Å². The van der Waals surface area contributed by atoms with E-state index in [-0.39, 0.29) is 23.4 Å². The van der Waals surface area contributed by atoms with Crippen LogP contribution in [0.25, 0.3) is 10.2 Å². The molecule has 0 atom stereocenters. The fourth-order valence-electron chi connectivity index (χ4n) is 2.51. The number of aromatic amines is 1. The number of fused-ring (bicyclic) bond motifs is 1. The van der Waals surface area contributed by atoms with Gasteiger partial charge in [0.15, 0.2) is 0 Å². The van der Waals surface area contributed by atoms with Crippen molar-refractivity contribution in [2.75, 3.05) is 6.54 Å². The molecule has 0 unspecified atom stereocenters. The summed E-state index contributed by atoms with van der Waals surface area (Å²) in [6.07, 6.45) is 2.31. The van der Waals surface area contributed by atoms with Crippen molar-refractivity contribution in [1.29, 1.82) is 0 Å². The summed E-state index contributed by atoms with van der Waals surface area (Å²) in [6.45, 7) is 8.41. The van der Waals surface area contributed by atoms with E-state index >= 15 is 0 Å². The maximum atomic E-state index is 12.2. The molecule has 0 saturated carbocycles. The van der Waals surface area contributed by atoms with E-state index < -0.39 is 0 Å². The van der Waals surface area contributed by atoms with E-state index in [0.29, 0.717) is 24.2 Å². The minimum atomic E-state index is -0.354. The second-order valence-corrected chi connectivity index (χ2v) is 7.53. The summed E-state index contributed by atoms with van der Waals surface area (Å²) in [4.78, 5) is 33.3. The van der Waals surface area contributed by atoms with Crippen molar-refractivity contribution in [2.24, 2.45) is 5.73 Å². The fourth-order valence-corrected chi connectivity index (χ4v) is 3.56. The summed E-state index contributed by atoms with van der Waals surface area (Å²) < 4.78 is 0. The summed E-state index contributed by atoms with van der Waals surface area (Å²) in [6, 6.07) is 0. The average Bonchev–Trinajstić information content (AvgIpc) is 2.85. The molecule has 0 aliphatic rings. The second-order valence-electron chi connectivity index (χ2n) is 6.32. The molecule has 0 aliphatic carbocycles. The molecular formula is C17H26N4O2S. The number of carbonyl (C=O) groups excluding carboxylic acids is 1. The van der Waals surface area contributed by atoms with Crippen LogP contribution < -0.4 is 16.6 Å². The van der Waals surface area contributed by atoms with Gasteiger partial charge < -0.3 is 16.0 Å². The summed E-state index contributed by atoms with van der Waals surface area (Å²) >= 11 is 1.51. The summed E-state index contributed by atoms with van der Waals surface area (Å²) in [7, 11) is 0. The quantitative estimate of drug-likeness (QED) is 0.712. The molecule has 0 spiro atoms. The van der Waals surface area contributed by atoms with Crippen LogP contribution >= 0.6 is 11.3 Å². The number of amides is 1. The first-order valence-corrected chi connectivity index (χ1v) is 9.15. The Morgan fingerprint density at radius 3 is 2.62 bits per heavy atom. The molecule has 6 nitrogen and oxygen atoms in total. The standard InChI is InChI=1S/C17H26N4O2S/c1-5-17(18,6-2)9-19-13(22)8-7-12-20-15(23)14-10(3)11(4)24-16(14)21-12/h5-9,18H2,1-4H3,(H,19,22)(H,20,21,23). The van der Waals surface area contributed by atoms with Gasteiger partial charge in [0.1, 0.15) is 10.7 Å². The van der Waals surface area contributed by atoms with E-state index in [1.54, 1.807) is 0 Å². The Kier molecular flexibility index (Phi) is 5.77. The zero-order valence-electron chi connectivity index (χ0n) is 14.8. The third-order valence-corrected chi connectivity index (χ3v) is 5.82. The number of nitrogens with one attached hydrogen (secondary N) is 2. The molecule has 2 aromatic rings. The minimum Gasteiger partial charge on any atom is -0.354 e. The number of thiophene rings is 1. The first kappa shape index (κ1) is 18.6. The number of nitrogens with two attached hydrogens (primary N) is 1. The van der Waals surface area contributed by atoms with E-state index in [4.69, 9.17) is 5.73 Å². The van der Waals surface area contributed by atoms with Crippen LogP contribution in [0.15, 0.2) is 4.79 Å². The maximum absolute atomic E-state index is 12.2. The highest BCUT2D eigenvalue weighted by atomic mass is 32.1. The lowest BCUT2D eigenvalue weighted by atomic mass is 9.94. The van der Waals surface area contributed by atoms with Crippen molar-refractivity contribution < 1.29 is 4.79 Å². The number of H-pyrrole nitrogens is 1. The molecule has 2 aromatic heterocycles. The second kappa shape index (κ2) is 7.44. The van der Waals surface area contributed by atoms with Gasteiger partial charge in [0, 0.05) is 29.8 Å². The predicted octanol–water partition coefficient (Wildman–Crippen LogP) is 2.17. The van der Waals surface area contributed by atoms with Gasteiger partial charge in [-0.3, -0.25) is 9.59 Å². The Bertz CT molecular complexity index is 790. The molecule has 0 bridgehead atoms. The number of nitrogens with zero attached hydrogens (tertiary/aromatic N) is 1. The lowest BCUT2D eigenvalue weighted by Crippen LogP contribution is -2.49. The van der Waals surface area contributed by atoms with Crippen LogP contribution in [-0.2, 0) is 11.2 Å². The van der Waals surface area contributed by atoms with E-state index in [1.807, 2.05) is 27.7 Å². The SMILES string of the molecule is CCC(N)(CC)CNC(=O)CCc1nc2sc(C)c(C)c2c(=O)[nH]1. The highest BCUT2D eigenvalue weighted by Crippen LogP contribution is 2.25. The van der Waals surface area contributed by atoms with Gasteiger partial charge in [0.05, 0.1) is 5.39 Å². The van der Waals surface area contributed by atoms with Crippen LogP contribution in [0.5, 0.6) is 0 Å². The van der Waals surface area contributed by atoms with Gasteiger partial charge >= 0.3 is 0 Å². The molecule has 0 aliphatic heterocycles. The van der Waals surface area contributed by atoms with Gasteiger partial charge in [0.2, 0.25) is 5.91 Å². The maximum Gasteiger partial charge on any atom is 0.259 e. The molecule has 132 valence electrons. The molecule has 0 radical (unpaired) electrons. The first-order valence-electron chi connectivity index (χ1n) is 8.34. The molecule has 0 aromatic carbocycles. The molecule has 7 heteroatoms. The number of carbonyl (C=O) groups is 1. The Hall–Kier alpha value is -1.73. The number of rotatable bonds is 7. The summed E-state index contributed by atoms with van der Waals surface area (Å²) in [5.74, 6) is 0.474. The third kappa shape index (κ3) is 4.02. The smallest absolute Gasteiger partial charge is 0.259 e. The van der Waals surface area contributed by atoms with Gasteiger partial charge in [0.25, 0.3) is 5.56 Å². The van der Waals surface area contributed by atoms with Crippen molar-refractivity contribution in [3.05, 3.63) is 26.6 Å². The van der Waals surface area contributed by atoms with Crippen LogP contribution in [0.2, 0.25) is 0 Å². The molecule has 0 fully saturated rings. The van der Waals surface area contributed by atoms with Crippen molar-refractivity contribution in [1.82, 2.24) is 15.3 Å². The lowest BCUT2D eigenvalue weighted by molar-refractivity contribution is -0.121. The molecule has 2 rings (SSSR count). The number of aryl methyl sites for hydroxylation is 3. The molecular weight excluding hydrogens is 324 g/mol. The van der Waals surface area contributed by atoms with Crippen LogP contribution in [0.4, 0.5) is 0 Å². The molecule has 0 saturated heterocycles. The topological polar surface area (TPSA) is 101 Å². The zero-order chi connectivity index (χ0) is 17.9. The van der Waals surface area contributed by atoms with Crippen LogP contribution in [0.3, 0.4) is 0 Å². The van der Waals surface area contributed by atoms with E-state index in [2.05, 4.69) is 15.3 Å². The van der Waals surface area contributed by atoms with Crippen LogP contribution in [0.1, 0.15) is 49.4 Å². The van der Waals surface area contributed by atoms with Gasteiger partial charge in [-0.1, -0.05) is 13.8 Å². The lowest BCUT2D eigenvalue weighted by Gasteiger charge is -2.26. The van der Waals surface area contributed by atoms with Gasteiger partial charge in [-0.05, 0) is 32.3 Å². The van der Waals surface area contributed by atoms with Crippen molar-refractivity contribution in [3.63, 3.8) is 0 Å². The third-order valence-electron chi connectivity index (χ3n) is 4.72. The Labute approximate surface area is 145 Å². The molecule has 2 heterocycles. The zero-order valence-corrected chi connectivity index (χ0v) is 15.6. The first-order chi connectivity index (χ1) is 11.3.